The van der Waals surface area contributed by atoms with Crippen molar-refractivity contribution in [2.24, 2.45) is 0 Å². The Balaban J connectivity index is 1.61. The van der Waals surface area contributed by atoms with E-state index in [9.17, 15) is 4.79 Å². The van der Waals surface area contributed by atoms with Crippen molar-refractivity contribution in [3.63, 3.8) is 0 Å². The zero-order valence-electron chi connectivity index (χ0n) is 14.2. The van der Waals surface area contributed by atoms with Gasteiger partial charge in [0.1, 0.15) is 5.75 Å². The van der Waals surface area contributed by atoms with E-state index in [0.29, 0.717) is 27.6 Å². The van der Waals surface area contributed by atoms with Gasteiger partial charge in [0.05, 0.1) is 18.6 Å². The van der Waals surface area contributed by atoms with E-state index in [2.05, 4.69) is 15.5 Å². The fraction of sp³-hybridized carbons (Fsp3) is 0.167. The first-order chi connectivity index (χ1) is 12.5. The third-order valence-electron chi connectivity index (χ3n) is 3.43. The quantitative estimate of drug-likeness (QED) is 0.628. The van der Waals surface area contributed by atoms with E-state index in [1.165, 1.54) is 0 Å². The highest BCUT2D eigenvalue weighted by Gasteiger charge is 2.13. The van der Waals surface area contributed by atoms with Gasteiger partial charge < -0.3 is 14.5 Å². The van der Waals surface area contributed by atoms with Crippen LogP contribution in [0.25, 0.3) is 11.5 Å². The number of anilines is 1. The van der Waals surface area contributed by atoms with Crippen LogP contribution in [-0.4, -0.2) is 29.0 Å². The second-order valence-corrected chi connectivity index (χ2v) is 6.79. The molecule has 0 aliphatic carbocycles. The Kier molecular flexibility index (Phi) is 5.80. The molecule has 0 aliphatic rings. The number of carbonyl (C=O) groups is 1. The van der Waals surface area contributed by atoms with Crippen LogP contribution in [0.2, 0.25) is 5.02 Å². The third kappa shape index (κ3) is 4.56. The van der Waals surface area contributed by atoms with Crippen LogP contribution in [0.15, 0.2) is 52.1 Å². The summed E-state index contributed by atoms with van der Waals surface area (Å²) in [6.45, 7) is 1.94. The van der Waals surface area contributed by atoms with E-state index in [1.807, 2.05) is 31.2 Å². The fourth-order valence-electron chi connectivity index (χ4n) is 2.24. The first kappa shape index (κ1) is 18.3. The van der Waals surface area contributed by atoms with Crippen LogP contribution < -0.4 is 10.1 Å². The lowest BCUT2D eigenvalue weighted by Crippen LogP contribution is -2.14. The number of hydrogen-bond acceptors (Lipinski definition) is 6. The molecule has 1 amide bonds. The van der Waals surface area contributed by atoms with Gasteiger partial charge >= 0.3 is 0 Å². The standard InChI is InChI=1S/C18H16ClN3O3S/c1-11-6-7-15(24-2)14(8-11)20-16(23)10-26-18-22-21-17(25-18)12-4-3-5-13(19)9-12/h3-9H,10H2,1-2H3,(H,20,23). The zero-order chi connectivity index (χ0) is 18.5. The molecule has 0 fully saturated rings. The number of aryl methyl sites for hydroxylation is 1. The predicted octanol–water partition coefficient (Wildman–Crippen LogP) is 4.44. The minimum absolute atomic E-state index is 0.133. The molecule has 0 saturated heterocycles. The molecule has 3 rings (SSSR count). The maximum atomic E-state index is 12.2. The zero-order valence-corrected chi connectivity index (χ0v) is 15.7. The molecule has 26 heavy (non-hydrogen) atoms. The van der Waals surface area contributed by atoms with Crippen molar-refractivity contribution in [3.05, 3.63) is 53.1 Å². The molecular weight excluding hydrogens is 374 g/mol. The normalized spacial score (nSPS) is 10.6. The predicted molar refractivity (Wildman–Crippen MR) is 102 cm³/mol. The Labute approximate surface area is 159 Å². The highest BCUT2D eigenvalue weighted by atomic mass is 35.5. The number of aromatic nitrogens is 2. The van der Waals surface area contributed by atoms with Crippen LogP contribution >= 0.6 is 23.4 Å². The summed E-state index contributed by atoms with van der Waals surface area (Å²) in [5.74, 6) is 0.904. The number of ether oxygens (including phenoxy) is 1. The summed E-state index contributed by atoms with van der Waals surface area (Å²) in [6.07, 6.45) is 0. The molecule has 1 heterocycles. The van der Waals surface area contributed by atoms with Gasteiger partial charge in [0.25, 0.3) is 5.22 Å². The minimum atomic E-state index is -0.193. The lowest BCUT2D eigenvalue weighted by atomic mass is 10.2. The van der Waals surface area contributed by atoms with Crippen molar-refractivity contribution >= 4 is 35.0 Å². The summed E-state index contributed by atoms with van der Waals surface area (Å²) < 4.78 is 10.8. The minimum Gasteiger partial charge on any atom is -0.495 e. The van der Waals surface area contributed by atoms with Crippen LogP contribution in [0.1, 0.15) is 5.56 Å². The molecule has 1 N–H and O–H groups in total. The lowest BCUT2D eigenvalue weighted by molar-refractivity contribution is -0.113. The Morgan fingerprint density at radius 1 is 1.27 bits per heavy atom. The van der Waals surface area contributed by atoms with E-state index in [1.54, 1.807) is 25.3 Å². The number of thioether (sulfide) groups is 1. The number of benzene rings is 2. The molecule has 0 saturated carbocycles. The Bertz CT molecular complexity index is 930. The SMILES string of the molecule is COc1ccc(C)cc1NC(=O)CSc1nnc(-c2cccc(Cl)c2)o1. The van der Waals surface area contributed by atoms with E-state index in [-0.39, 0.29) is 11.7 Å². The van der Waals surface area contributed by atoms with E-state index in [0.717, 1.165) is 22.9 Å². The molecule has 6 nitrogen and oxygen atoms in total. The van der Waals surface area contributed by atoms with Crippen molar-refractivity contribution < 1.29 is 13.9 Å². The number of carbonyl (C=O) groups excluding carboxylic acids is 1. The van der Waals surface area contributed by atoms with Crippen molar-refractivity contribution in [1.82, 2.24) is 10.2 Å². The Hall–Kier alpha value is -2.51. The van der Waals surface area contributed by atoms with Gasteiger partial charge in [0.2, 0.25) is 11.8 Å². The molecule has 1 aromatic heterocycles. The average molecular weight is 390 g/mol. The number of nitrogens with one attached hydrogen (secondary N) is 1. The van der Waals surface area contributed by atoms with E-state index < -0.39 is 0 Å². The van der Waals surface area contributed by atoms with Crippen LogP contribution in [-0.2, 0) is 4.79 Å². The summed E-state index contributed by atoms with van der Waals surface area (Å²) >= 11 is 7.12. The highest BCUT2D eigenvalue weighted by molar-refractivity contribution is 7.99. The van der Waals surface area contributed by atoms with Gasteiger partial charge in [-0.3, -0.25) is 4.79 Å². The van der Waals surface area contributed by atoms with E-state index >= 15 is 0 Å². The van der Waals surface area contributed by atoms with Crippen molar-refractivity contribution in [1.29, 1.82) is 0 Å². The first-order valence-corrected chi connectivity index (χ1v) is 9.08. The molecule has 0 bridgehead atoms. The smallest absolute Gasteiger partial charge is 0.277 e. The third-order valence-corrected chi connectivity index (χ3v) is 4.49. The number of rotatable bonds is 6. The maximum Gasteiger partial charge on any atom is 0.277 e. The van der Waals surface area contributed by atoms with Gasteiger partial charge in [0, 0.05) is 10.6 Å². The number of methoxy groups -OCH3 is 1. The van der Waals surface area contributed by atoms with Crippen LogP contribution in [0, 0.1) is 6.92 Å². The van der Waals surface area contributed by atoms with Crippen molar-refractivity contribution in [3.8, 4) is 17.2 Å². The molecule has 2 aromatic carbocycles. The van der Waals surface area contributed by atoms with Gasteiger partial charge in [-0.25, -0.2) is 0 Å². The molecule has 0 radical (unpaired) electrons. The average Bonchev–Trinajstić information content (AvgIpc) is 3.09. The van der Waals surface area contributed by atoms with Gasteiger partial charge in [-0.05, 0) is 42.8 Å². The molecule has 0 atom stereocenters. The summed E-state index contributed by atoms with van der Waals surface area (Å²) in [7, 11) is 1.56. The highest BCUT2D eigenvalue weighted by Crippen LogP contribution is 2.27. The van der Waals surface area contributed by atoms with Crippen molar-refractivity contribution in [2.75, 3.05) is 18.2 Å². The van der Waals surface area contributed by atoms with Crippen LogP contribution in [0.5, 0.6) is 5.75 Å². The van der Waals surface area contributed by atoms with Gasteiger partial charge in [-0.2, -0.15) is 0 Å². The largest absolute Gasteiger partial charge is 0.495 e. The molecule has 134 valence electrons. The van der Waals surface area contributed by atoms with Gasteiger partial charge in [-0.15, -0.1) is 10.2 Å². The summed E-state index contributed by atoms with van der Waals surface area (Å²) in [4.78, 5) is 12.2. The fourth-order valence-corrected chi connectivity index (χ4v) is 2.99. The molecule has 0 spiro atoms. The second-order valence-electron chi connectivity index (χ2n) is 5.42. The molecule has 3 aromatic rings. The molecule has 0 unspecified atom stereocenters. The number of amides is 1. The van der Waals surface area contributed by atoms with Gasteiger partial charge in [-0.1, -0.05) is 35.5 Å². The number of hydrogen-bond donors (Lipinski definition) is 1. The first-order valence-electron chi connectivity index (χ1n) is 7.72. The van der Waals surface area contributed by atoms with Crippen LogP contribution in [0.4, 0.5) is 5.69 Å². The summed E-state index contributed by atoms with van der Waals surface area (Å²) in [5, 5.41) is 11.7. The van der Waals surface area contributed by atoms with Crippen molar-refractivity contribution in [2.45, 2.75) is 12.1 Å². The second kappa shape index (κ2) is 8.25. The molecule has 0 aliphatic heterocycles. The number of nitrogens with zero attached hydrogens (tertiary/aromatic N) is 2. The topological polar surface area (TPSA) is 77.2 Å². The molecule has 8 heteroatoms. The Morgan fingerprint density at radius 3 is 2.88 bits per heavy atom. The number of halogens is 1. The lowest BCUT2D eigenvalue weighted by Gasteiger charge is -2.10. The van der Waals surface area contributed by atoms with Gasteiger partial charge in [0.15, 0.2) is 0 Å². The monoisotopic (exact) mass is 389 g/mol. The van der Waals surface area contributed by atoms with Crippen LogP contribution in [0.3, 0.4) is 0 Å². The Morgan fingerprint density at radius 2 is 2.12 bits per heavy atom. The molecular formula is C18H16ClN3O3S. The summed E-state index contributed by atoms with van der Waals surface area (Å²) in [6, 6.07) is 12.7. The summed E-state index contributed by atoms with van der Waals surface area (Å²) in [5.41, 5.74) is 2.38. The maximum absolute atomic E-state index is 12.2. The van der Waals surface area contributed by atoms with E-state index in [4.69, 9.17) is 20.8 Å².